The molecule has 0 spiro atoms. The first-order valence-corrected chi connectivity index (χ1v) is 25.4. The average molecular weight is 1050 g/mol. The third-order valence-electron chi connectivity index (χ3n) is 12.8. The van der Waals surface area contributed by atoms with Gasteiger partial charge in [0.1, 0.15) is 42.3 Å². The van der Waals surface area contributed by atoms with Gasteiger partial charge in [0.2, 0.25) is 47.3 Å². The molecule has 0 radical (unpaired) electrons. The van der Waals surface area contributed by atoms with E-state index in [4.69, 9.17) is 17.2 Å². The van der Waals surface area contributed by atoms with Gasteiger partial charge in [0.05, 0.1) is 18.6 Å². The summed E-state index contributed by atoms with van der Waals surface area (Å²) < 4.78 is 3.25. The van der Waals surface area contributed by atoms with Gasteiger partial charge >= 0.3 is 0 Å². The number of carbonyl (C=O) groups is 8. The Morgan fingerprint density at radius 1 is 0.803 bits per heavy atom. The van der Waals surface area contributed by atoms with E-state index in [0.29, 0.717) is 42.6 Å². The largest absolute Gasteiger partial charge is 0.370 e. The molecule has 14 N–H and O–H groups in total. The molecule has 6 rings (SSSR count). The Morgan fingerprint density at radius 2 is 1.49 bits per heavy atom. The van der Waals surface area contributed by atoms with E-state index in [1.54, 1.807) is 47.3 Å². The number of nitrogens with one attached hydrogen (secondary N) is 8. The van der Waals surface area contributed by atoms with Crippen molar-refractivity contribution in [3.8, 4) is 0 Å². The van der Waals surface area contributed by atoms with Gasteiger partial charge in [-0.15, -0.1) is 5.10 Å². The molecule has 4 heterocycles. The lowest BCUT2D eigenvalue weighted by atomic mass is 10.0. The van der Waals surface area contributed by atoms with Gasteiger partial charge in [0, 0.05) is 62.7 Å². The molecule has 25 nitrogen and oxygen atoms in total. The van der Waals surface area contributed by atoms with E-state index in [0.717, 1.165) is 17.3 Å². The van der Waals surface area contributed by atoms with E-state index in [-0.39, 0.29) is 64.1 Å². The maximum Gasteiger partial charge on any atom is 0.245 e. The number of aromatic nitrogens is 6. The van der Waals surface area contributed by atoms with Crippen molar-refractivity contribution in [3.05, 3.63) is 103 Å². The van der Waals surface area contributed by atoms with Gasteiger partial charge in [-0.05, 0) is 68.0 Å². The molecule has 1 aliphatic rings. The molecule has 0 aliphatic carbocycles. The lowest BCUT2D eigenvalue weighted by Crippen LogP contribution is -2.61. The Morgan fingerprint density at radius 3 is 2.20 bits per heavy atom. The number of aliphatic imine (C=N–C) groups is 1. The molecular formula is C51H69N17O8. The maximum atomic E-state index is 14.8. The number of aryl methyl sites for hydroxylation is 2. The lowest BCUT2D eigenvalue weighted by molar-refractivity contribution is -0.135. The van der Waals surface area contributed by atoms with Crippen LogP contribution in [0.2, 0.25) is 0 Å². The molecule has 8 amide bonds. The van der Waals surface area contributed by atoms with Crippen LogP contribution in [-0.2, 0) is 70.7 Å². The van der Waals surface area contributed by atoms with E-state index in [1.807, 2.05) is 37.3 Å². The molecule has 2 aromatic carbocycles. The number of para-hydroxylation sites is 1. The van der Waals surface area contributed by atoms with Gasteiger partial charge in [0.25, 0.3) is 0 Å². The summed E-state index contributed by atoms with van der Waals surface area (Å²) >= 11 is 0. The predicted octanol–water partition coefficient (Wildman–Crippen LogP) is -0.990. The quantitative estimate of drug-likeness (QED) is 0.0303. The number of guanidine groups is 1. The number of benzene rings is 2. The number of H-pyrrole nitrogens is 1. The summed E-state index contributed by atoms with van der Waals surface area (Å²) in [5.41, 5.74) is 19.4. The van der Waals surface area contributed by atoms with Crippen LogP contribution in [0.3, 0.4) is 0 Å². The first kappa shape index (κ1) is 56.7. The number of hydrogen-bond acceptors (Lipinski definition) is 12. The number of nitrogens with zero attached hydrogens (tertiary/aromatic N) is 6. The molecule has 0 saturated carbocycles. The van der Waals surface area contributed by atoms with Crippen LogP contribution < -0.4 is 54.4 Å². The van der Waals surface area contributed by atoms with Gasteiger partial charge in [-0.3, -0.25) is 48.0 Å². The summed E-state index contributed by atoms with van der Waals surface area (Å²) in [6.07, 6.45) is 8.46. The molecule has 1 aliphatic heterocycles. The van der Waals surface area contributed by atoms with Gasteiger partial charge in [-0.1, -0.05) is 73.5 Å². The smallest absolute Gasteiger partial charge is 0.245 e. The topological polar surface area (TPSA) is 376 Å². The Kier molecular flexibility index (Phi) is 21.0. The molecule has 0 saturated heterocycles. The second-order valence-corrected chi connectivity index (χ2v) is 18.8. The van der Waals surface area contributed by atoms with Gasteiger partial charge in [-0.25, -0.2) is 4.98 Å². The van der Waals surface area contributed by atoms with E-state index in [1.165, 1.54) is 24.1 Å². The number of amides is 8. The minimum Gasteiger partial charge on any atom is -0.370 e. The van der Waals surface area contributed by atoms with Crippen molar-refractivity contribution < 1.29 is 38.4 Å². The zero-order valence-corrected chi connectivity index (χ0v) is 42.7. The SMILES string of the molecule is CCCCC(NC(C)=O)C(=O)NC1CCn2cc(nn2)CCCC(C(N)=O)NC(=O)[C@H](Cn2ccc3ccccc32)NC(=O)[C@H](CCCN=C(N)N)NC(=O)[C@@H](Cc2ccccc2)NC(=O)C(Cc2cnc[nH]2)NC1=O. The summed E-state index contributed by atoms with van der Waals surface area (Å²) in [5.74, 6) is -5.93. The van der Waals surface area contributed by atoms with E-state index >= 15 is 0 Å². The van der Waals surface area contributed by atoms with Crippen LogP contribution in [0.5, 0.6) is 0 Å². The number of hydrogen-bond donors (Lipinski definition) is 11. The third-order valence-corrected chi connectivity index (χ3v) is 12.8. The second-order valence-electron chi connectivity index (χ2n) is 18.8. The van der Waals surface area contributed by atoms with E-state index < -0.39 is 89.6 Å². The molecule has 2 bridgehead atoms. The Balaban J connectivity index is 1.39. The van der Waals surface area contributed by atoms with Crippen molar-refractivity contribution >= 4 is 64.1 Å². The van der Waals surface area contributed by atoms with Crippen LogP contribution in [0, 0.1) is 0 Å². The molecule has 76 heavy (non-hydrogen) atoms. The fourth-order valence-electron chi connectivity index (χ4n) is 8.77. The summed E-state index contributed by atoms with van der Waals surface area (Å²) in [4.78, 5) is 123. The molecule has 406 valence electrons. The fourth-order valence-corrected chi connectivity index (χ4v) is 8.77. The maximum absolute atomic E-state index is 14.8. The second kappa shape index (κ2) is 28.1. The number of fused-ring (bicyclic) bond motifs is 3. The zero-order valence-electron chi connectivity index (χ0n) is 42.7. The normalized spacial score (nSPS) is 20.8. The van der Waals surface area contributed by atoms with Crippen LogP contribution in [0.15, 0.2) is 90.6 Å². The molecular weight excluding hydrogens is 979 g/mol. The molecule has 5 aromatic rings. The van der Waals surface area contributed by atoms with Crippen LogP contribution in [0.1, 0.15) is 82.2 Å². The number of primary amides is 1. The Bertz CT molecular complexity index is 2790. The lowest BCUT2D eigenvalue weighted by Gasteiger charge is -2.28. The molecule has 3 aromatic heterocycles. The first-order valence-electron chi connectivity index (χ1n) is 25.4. The fraction of sp³-hybridized carbons (Fsp3) is 0.451. The Labute approximate surface area is 439 Å². The van der Waals surface area contributed by atoms with Crippen molar-refractivity contribution in [2.24, 2.45) is 22.2 Å². The van der Waals surface area contributed by atoms with Crippen molar-refractivity contribution in [1.82, 2.24) is 66.7 Å². The van der Waals surface area contributed by atoms with Gasteiger partial charge < -0.3 is 64.0 Å². The van der Waals surface area contributed by atoms with Crippen molar-refractivity contribution in [3.63, 3.8) is 0 Å². The number of carbonyl (C=O) groups excluding carboxylic acids is 8. The molecule has 7 atom stereocenters. The summed E-state index contributed by atoms with van der Waals surface area (Å²) in [6.45, 7) is 3.26. The van der Waals surface area contributed by atoms with Crippen molar-refractivity contribution in [2.45, 2.75) is 140 Å². The molecule has 4 unspecified atom stereocenters. The van der Waals surface area contributed by atoms with Gasteiger partial charge in [-0.2, -0.15) is 0 Å². The number of nitrogens with two attached hydrogens (primary N) is 3. The average Bonchev–Trinajstić information content (AvgIpc) is 4.18. The van der Waals surface area contributed by atoms with Crippen LogP contribution in [-0.4, -0.2) is 132 Å². The van der Waals surface area contributed by atoms with Crippen LogP contribution >= 0.6 is 0 Å². The number of imidazole rings is 1. The van der Waals surface area contributed by atoms with Crippen molar-refractivity contribution in [2.75, 3.05) is 6.54 Å². The van der Waals surface area contributed by atoms with Crippen LogP contribution in [0.4, 0.5) is 0 Å². The minimum atomic E-state index is -1.37. The summed E-state index contributed by atoms with van der Waals surface area (Å²) in [7, 11) is 0. The number of unbranched alkanes of at least 4 members (excludes halogenated alkanes) is 1. The predicted molar refractivity (Wildman–Crippen MR) is 280 cm³/mol. The third kappa shape index (κ3) is 17.2. The van der Waals surface area contributed by atoms with Crippen molar-refractivity contribution in [1.29, 1.82) is 0 Å². The highest BCUT2D eigenvalue weighted by Crippen LogP contribution is 2.17. The highest BCUT2D eigenvalue weighted by molar-refractivity contribution is 5.98. The standard InChI is InChI=1S/C51H69N17O8/c1-3-4-16-37(58-31(2)69)45(71)61-39-21-24-68-28-34(65-66-68)15-10-17-36(44(52)70)59-50(76)42(29-67-23-20-33-14-8-9-19-43(33)67)64-46(72)38(18-11-22-56-51(53)54)60-48(74)40(25-32-12-6-5-7-13-32)62-49(75)41(63-47(39)73)26-35-27-55-30-57-35/h5-9,12-14,19-20,23,27-28,30,36-42H,3-4,10-11,15-18,21-22,24-26,29H2,1-2H3,(H2,52,70)(H,55,57)(H,58,69)(H,59,76)(H,60,74)(H,61,71)(H,62,75)(H,63,73)(H,64,72)(H4,53,54,56)/t36?,37?,38-,39?,40+,41?,42-/m0/s1. The first-order chi connectivity index (χ1) is 36.6. The molecule has 0 fully saturated rings. The van der Waals surface area contributed by atoms with Gasteiger partial charge in [0.15, 0.2) is 5.96 Å². The summed E-state index contributed by atoms with van der Waals surface area (Å²) in [5, 5.41) is 28.8. The zero-order chi connectivity index (χ0) is 54.6. The number of aromatic amines is 1. The number of rotatable bonds is 17. The van der Waals surface area contributed by atoms with Crippen LogP contribution in [0.25, 0.3) is 10.9 Å². The van der Waals surface area contributed by atoms with E-state index in [2.05, 4.69) is 62.5 Å². The Hall–Kier alpha value is -8.64. The minimum absolute atomic E-state index is 0.0392. The summed E-state index contributed by atoms with van der Waals surface area (Å²) in [6, 6.07) is 9.25. The monoisotopic (exact) mass is 1050 g/mol. The highest BCUT2D eigenvalue weighted by atomic mass is 16.2. The van der Waals surface area contributed by atoms with E-state index in [9.17, 15) is 38.4 Å². The highest BCUT2D eigenvalue weighted by Gasteiger charge is 2.35. The molecule has 25 heteroatoms.